The second-order valence-corrected chi connectivity index (χ2v) is 7.24. The summed E-state index contributed by atoms with van der Waals surface area (Å²) in [4.78, 5) is 17.4. The maximum absolute atomic E-state index is 12.4. The number of hydrogen-bond acceptors (Lipinski definition) is 3. The van der Waals surface area contributed by atoms with Crippen LogP contribution in [0.5, 0.6) is 0 Å². The Balaban J connectivity index is 1.46. The average Bonchev–Trinajstić information content (AvgIpc) is 2.95. The molecule has 2 heterocycles. The summed E-state index contributed by atoms with van der Waals surface area (Å²) in [5, 5.41) is 3.17. The van der Waals surface area contributed by atoms with Crippen LogP contribution in [0.1, 0.15) is 44.1 Å². The molecular weight excluding hydrogens is 298 g/mol. The smallest absolute Gasteiger partial charge is 0.234 e. The first-order valence-electron chi connectivity index (χ1n) is 9.54. The number of rotatable bonds is 6. The monoisotopic (exact) mass is 329 g/mol. The average molecular weight is 329 g/mol. The van der Waals surface area contributed by atoms with Crippen LogP contribution >= 0.6 is 0 Å². The van der Waals surface area contributed by atoms with Gasteiger partial charge in [0.15, 0.2) is 0 Å². The Hall–Kier alpha value is -1.39. The van der Waals surface area contributed by atoms with Crippen molar-refractivity contribution in [2.45, 2.75) is 44.6 Å². The molecule has 0 aliphatic carbocycles. The lowest BCUT2D eigenvalue weighted by molar-refractivity contribution is -0.122. The first-order valence-corrected chi connectivity index (χ1v) is 9.54. The topological polar surface area (TPSA) is 35.6 Å². The van der Waals surface area contributed by atoms with Gasteiger partial charge in [-0.3, -0.25) is 14.6 Å². The van der Waals surface area contributed by atoms with Gasteiger partial charge in [-0.15, -0.1) is 0 Å². The van der Waals surface area contributed by atoms with Gasteiger partial charge in [-0.25, -0.2) is 0 Å². The maximum Gasteiger partial charge on any atom is 0.234 e. The van der Waals surface area contributed by atoms with E-state index in [1.165, 1.54) is 37.9 Å². The zero-order chi connectivity index (χ0) is 16.8. The summed E-state index contributed by atoms with van der Waals surface area (Å²) in [6.07, 6.45) is 4.85. The fourth-order valence-electron chi connectivity index (χ4n) is 4.15. The normalized spacial score (nSPS) is 23.5. The second kappa shape index (κ2) is 8.63. The number of benzene rings is 1. The van der Waals surface area contributed by atoms with Crippen LogP contribution in [0.25, 0.3) is 0 Å². The van der Waals surface area contributed by atoms with Crippen LogP contribution in [-0.4, -0.2) is 61.0 Å². The zero-order valence-electron chi connectivity index (χ0n) is 14.9. The Kier molecular flexibility index (Phi) is 6.27. The number of carbonyl (C=O) groups is 1. The van der Waals surface area contributed by atoms with Crippen molar-refractivity contribution in [3.63, 3.8) is 0 Å². The van der Waals surface area contributed by atoms with E-state index in [0.29, 0.717) is 18.5 Å². The van der Waals surface area contributed by atoms with E-state index in [1.54, 1.807) is 0 Å². The lowest BCUT2D eigenvalue weighted by Crippen LogP contribution is -2.42. The summed E-state index contributed by atoms with van der Waals surface area (Å²) >= 11 is 0. The van der Waals surface area contributed by atoms with Gasteiger partial charge in [-0.1, -0.05) is 37.3 Å². The van der Waals surface area contributed by atoms with Crippen molar-refractivity contribution in [2.24, 2.45) is 0 Å². The van der Waals surface area contributed by atoms with Gasteiger partial charge in [0.05, 0.1) is 6.54 Å². The molecule has 1 N–H and O–H groups in total. The molecule has 2 atom stereocenters. The molecule has 1 amide bonds. The molecule has 2 fully saturated rings. The van der Waals surface area contributed by atoms with Gasteiger partial charge in [0.2, 0.25) is 5.91 Å². The van der Waals surface area contributed by atoms with Crippen LogP contribution in [0, 0.1) is 0 Å². The summed E-state index contributed by atoms with van der Waals surface area (Å²) in [5.74, 6) is 0.584. The molecule has 2 saturated heterocycles. The molecule has 1 aromatic carbocycles. The summed E-state index contributed by atoms with van der Waals surface area (Å²) < 4.78 is 0. The van der Waals surface area contributed by atoms with Crippen molar-refractivity contribution in [3.05, 3.63) is 35.9 Å². The van der Waals surface area contributed by atoms with E-state index in [-0.39, 0.29) is 5.91 Å². The van der Waals surface area contributed by atoms with Crippen molar-refractivity contribution >= 4 is 5.91 Å². The lowest BCUT2D eigenvalue weighted by Gasteiger charge is -2.25. The summed E-state index contributed by atoms with van der Waals surface area (Å²) in [7, 11) is 0. The van der Waals surface area contributed by atoms with Gasteiger partial charge >= 0.3 is 0 Å². The van der Waals surface area contributed by atoms with Gasteiger partial charge in [0.1, 0.15) is 0 Å². The molecule has 24 heavy (non-hydrogen) atoms. The van der Waals surface area contributed by atoms with Crippen LogP contribution in [-0.2, 0) is 4.79 Å². The maximum atomic E-state index is 12.4. The van der Waals surface area contributed by atoms with E-state index < -0.39 is 0 Å². The summed E-state index contributed by atoms with van der Waals surface area (Å²) in [6, 6.07) is 11.2. The summed E-state index contributed by atoms with van der Waals surface area (Å²) in [6.45, 7) is 8.04. The minimum absolute atomic E-state index is 0.177. The SMILES string of the molecule is CC[C@@H](CNC(=O)CN1CCCN2CCC[C@H]2C1)c1ccccc1. The molecule has 1 aromatic rings. The van der Waals surface area contributed by atoms with E-state index in [2.05, 4.69) is 46.3 Å². The molecule has 0 bridgehead atoms. The van der Waals surface area contributed by atoms with Crippen LogP contribution in [0.3, 0.4) is 0 Å². The van der Waals surface area contributed by atoms with Crippen molar-refractivity contribution in [3.8, 4) is 0 Å². The highest BCUT2D eigenvalue weighted by molar-refractivity contribution is 5.78. The van der Waals surface area contributed by atoms with Crippen molar-refractivity contribution in [1.82, 2.24) is 15.1 Å². The van der Waals surface area contributed by atoms with E-state index in [0.717, 1.165) is 26.1 Å². The molecule has 0 unspecified atom stereocenters. The Morgan fingerprint density at radius 3 is 2.79 bits per heavy atom. The zero-order valence-corrected chi connectivity index (χ0v) is 14.9. The number of hydrogen-bond donors (Lipinski definition) is 1. The van der Waals surface area contributed by atoms with Crippen molar-refractivity contribution in [1.29, 1.82) is 0 Å². The van der Waals surface area contributed by atoms with Crippen LogP contribution in [0.4, 0.5) is 0 Å². The fraction of sp³-hybridized carbons (Fsp3) is 0.650. The third kappa shape index (κ3) is 4.58. The largest absolute Gasteiger partial charge is 0.354 e. The first kappa shape index (κ1) is 17.4. The highest BCUT2D eigenvalue weighted by Gasteiger charge is 2.29. The molecule has 2 aliphatic rings. The Morgan fingerprint density at radius 2 is 2.00 bits per heavy atom. The number of carbonyl (C=O) groups excluding carboxylic acids is 1. The predicted molar refractivity (Wildman–Crippen MR) is 98.1 cm³/mol. The van der Waals surface area contributed by atoms with E-state index in [1.807, 2.05) is 6.07 Å². The van der Waals surface area contributed by atoms with Gasteiger partial charge in [0.25, 0.3) is 0 Å². The number of nitrogens with zero attached hydrogens (tertiary/aromatic N) is 2. The Labute approximate surface area is 146 Å². The molecule has 2 aliphatic heterocycles. The number of amides is 1. The summed E-state index contributed by atoms with van der Waals surface area (Å²) in [5.41, 5.74) is 1.32. The van der Waals surface area contributed by atoms with Gasteiger partial charge in [-0.05, 0) is 50.9 Å². The van der Waals surface area contributed by atoms with Crippen LogP contribution in [0.15, 0.2) is 30.3 Å². The molecule has 4 nitrogen and oxygen atoms in total. The third-order valence-corrected chi connectivity index (χ3v) is 5.56. The lowest BCUT2D eigenvalue weighted by atomic mass is 9.96. The molecule has 0 radical (unpaired) electrons. The van der Waals surface area contributed by atoms with Gasteiger partial charge in [0, 0.05) is 25.0 Å². The van der Waals surface area contributed by atoms with Crippen LogP contribution < -0.4 is 5.32 Å². The van der Waals surface area contributed by atoms with E-state index >= 15 is 0 Å². The van der Waals surface area contributed by atoms with E-state index in [4.69, 9.17) is 0 Å². The fourth-order valence-corrected chi connectivity index (χ4v) is 4.15. The third-order valence-electron chi connectivity index (χ3n) is 5.56. The highest BCUT2D eigenvalue weighted by Crippen LogP contribution is 2.21. The number of fused-ring (bicyclic) bond motifs is 1. The molecule has 0 saturated carbocycles. The molecular formula is C20H31N3O. The minimum Gasteiger partial charge on any atom is -0.354 e. The van der Waals surface area contributed by atoms with E-state index in [9.17, 15) is 4.79 Å². The molecule has 0 aromatic heterocycles. The molecule has 4 heteroatoms. The second-order valence-electron chi connectivity index (χ2n) is 7.24. The molecule has 3 rings (SSSR count). The minimum atomic E-state index is 0.177. The van der Waals surface area contributed by atoms with Crippen molar-refractivity contribution < 1.29 is 4.79 Å². The predicted octanol–water partition coefficient (Wildman–Crippen LogP) is 2.47. The molecule has 132 valence electrons. The number of nitrogens with one attached hydrogen (secondary N) is 1. The van der Waals surface area contributed by atoms with Gasteiger partial charge in [-0.2, -0.15) is 0 Å². The Bertz CT molecular complexity index is 519. The first-order chi connectivity index (χ1) is 11.8. The quantitative estimate of drug-likeness (QED) is 0.871. The van der Waals surface area contributed by atoms with Gasteiger partial charge < -0.3 is 5.32 Å². The Morgan fingerprint density at radius 1 is 1.21 bits per heavy atom. The molecule has 0 spiro atoms. The van der Waals surface area contributed by atoms with Crippen LogP contribution in [0.2, 0.25) is 0 Å². The van der Waals surface area contributed by atoms with Crippen molar-refractivity contribution in [2.75, 3.05) is 39.3 Å². The standard InChI is InChI=1S/C20H31N3O/c1-2-17(18-8-4-3-5-9-18)14-21-20(24)16-22-11-7-13-23-12-6-10-19(23)15-22/h3-5,8-9,17,19H,2,6-7,10-16H2,1H3,(H,21,24)/t17-,19-/m0/s1. The highest BCUT2D eigenvalue weighted by atomic mass is 16.2.